The number of aromatic nitrogens is 1. The number of aryl methyl sites for hydroxylation is 1. The quantitative estimate of drug-likeness (QED) is 0.710. The van der Waals surface area contributed by atoms with Gasteiger partial charge < -0.3 is 15.0 Å². The van der Waals surface area contributed by atoms with Gasteiger partial charge in [-0.3, -0.25) is 0 Å². The first-order chi connectivity index (χ1) is 10.1. The number of pyridine rings is 1. The average molecular weight is 291 g/mol. The van der Waals surface area contributed by atoms with E-state index >= 15 is 0 Å². The van der Waals surface area contributed by atoms with Crippen LogP contribution in [-0.2, 0) is 11.3 Å². The van der Waals surface area contributed by atoms with E-state index in [0.29, 0.717) is 12.0 Å². The van der Waals surface area contributed by atoms with Gasteiger partial charge in [-0.2, -0.15) is 0 Å². The van der Waals surface area contributed by atoms with Gasteiger partial charge in [-0.25, -0.2) is 4.98 Å². The molecule has 4 nitrogen and oxygen atoms in total. The lowest BCUT2D eigenvalue weighted by Gasteiger charge is -2.27. The summed E-state index contributed by atoms with van der Waals surface area (Å²) in [4.78, 5) is 7.25. The molecule has 0 aliphatic heterocycles. The van der Waals surface area contributed by atoms with Crippen molar-refractivity contribution in [1.29, 1.82) is 0 Å². The van der Waals surface area contributed by atoms with Gasteiger partial charge in [0.2, 0.25) is 0 Å². The highest BCUT2D eigenvalue weighted by Crippen LogP contribution is 2.33. The van der Waals surface area contributed by atoms with Crippen LogP contribution in [0.5, 0.6) is 0 Å². The highest BCUT2D eigenvalue weighted by atomic mass is 16.5. The smallest absolute Gasteiger partial charge is 0.131 e. The normalized spacial score (nSPS) is 14.7. The lowest BCUT2D eigenvalue weighted by molar-refractivity contribution is 0.199. The predicted octanol–water partition coefficient (Wildman–Crippen LogP) is 2.75. The lowest BCUT2D eigenvalue weighted by Crippen LogP contribution is -2.31. The van der Waals surface area contributed by atoms with E-state index < -0.39 is 0 Å². The number of methoxy groups -OCH3 is 1. The Morgan fingerprint density at radius 3 is 2.76 bits per heavy atom. The zero-order chi connectivity index (χ0) is 15.2. The van der Waals surface area contributed by atoms with E-state index in [1.165, 1.54) is 29.8 Å². The minimum Gasteiger partial charge on any atom is -0.383 e. The number of anilines is 1. The summed E-state index contributed by atoms with van der Waals surface area (Å²) in [6.45, 7) is 10.3. The second-order valence-electron chi connectivity index (χ2n) is 6.43. The standard InChI is InChI=1S/C17H29N3O/c1-13(2)12-20(16-5-6-16)17-14(3)9-15(11-19-17)10-18-7-8-21-4/h9,11,13,16,18H,5-8,10,12H2,1-4H3. The molecule has 1 fully saturated rings. The molecule has 4 heteroatoms. The SMILES string of the molecule is COCCNCc1cnc(N(CC(C)C)C2CC2)c(C)c1. The van der Waals surface area contributed by atoms with Gasteiger partial charge in [0, 0.05) is 39.0 Å². The molecule has 1 aromatic rings. The summed E-state index contributed by atoms with van der Waals surface area (Å²) in [6, 6.07) is 2.97. The maximum absolute atomic E-state index is 5.04. The van der Waals surface area contributed by atoms with Gasteiger partial charge >= 0.3 is 0 Å². The van der Waals surface area contributed by atoms with Crippen LogP contribution in [0.4, 0.5) is 5.82 Å². The largest absolute Gasteiger partial charge is 0.383 e. The Morgan fingerprint density at radius 1 is 1.43 bits per heavy atom. The number of rotatable bonds is 9. The molecule has 0 atom stereocenters. The molecule has 0 amide bonds. The molecule has 0 bridgehead atoms. The van der Waals surface area contributed by atoms with E-state index in [1.807, 2.05) is 6.20 Å². The molecule has 0 radical (unpaired) electrons. The van der Waals surface area contributed by atoms with Crippen LogP contribution in [0, 0.1) is 12.8 Å². The Labute approximate surface area is 128 Å². The monoisotopic (exact) mass is 291 g/mol. The van der Waals surface area contributed by atoms with Crippen LogP contribution in [0.15, 0.2) is 12.3 Å². The summed E-state index contributed by atoms with van der Waals surface area (Å²) >= 11 is 0. The van der Waals surface area contributed by atoms with Crippen LogP contribution in [0.1, 0.15) is 37.8 Å². The first-order valence-corrected chi connectivity index (χ1v) is 8.03. The molecule has 1 aliphatic rings. The number of nitrogens with zero attached hydrogens (tertiary/aromatic N) is 2. The molecule has 118 valence electrons. The molecule has 21 heavy (non-hydrogen) atoms. The third-order valence-electron chi connectivity index (χ3n) is 3.74. The number of hydrogen-bond donors (Lipinski definition) is 1. The van der Waals surface area contributed by atoms with E-state index in [9.17, 15) is 0 Å². The molecule has 1 aliphatic carbocycles. The summed E-state index contributed by atoms with van der Waals surface area (Å²) < 4.78 is 5.04. The zero-order valence-corrected chi connectivity index (χ0v) is 13.9. The van der Waals surface area contributed by atoms with Crippen molar-refractivity contribution in [2.75, 3.05) is 31.7 Å². The summed E-state index contributed by atoms with van der Waals surface area (Å²) in [5.41, 5.74) is 2.53. The van der Waals surface area contributed by atoms with Crippen LogP contribution in [0.25, 0.3) is 0 Å². The van der Waals surface area contributed by atoms with Gasteiger partial charge in [0.25, 0.3) is 0 Å². The van der Waals surface area contributed by atoms with Crippen molar-refractivity contribution in [3.05, 3.63) is 23.4 Å². The minimum atomic E-state index is 0.669. The summed E-state index contributed by atoms with van der Waals surface area (Å²) in [7, 11) is 1.73. The van der Waals surface area contributed by atoms with Crippen LogP contribution in [-0.4, -0.2) is 37.8 Å². The van der Waals surface area contributed by atoms with E-state index in [0.717, 1.165) is 26.2 Å². The Kier molecular flexibility index (Phi) is 6.00. The van der Waals surface area contributed by atoms with Gasteiger partial charge in [-0.05, 0) is 42.9 Å². The molecule has 1 aromatic heterocycles. The molecular weight excluding hydrogens is 262 g/mol. The van der Waals surface area contributed by atoms with Crippen LogP contribution in [0.3, 0.4) is 0 Å². The highest BCUT2D eigenvalue weighted by Gasteiger charge is 2.31. The molecule has 2 rings (SSSR count). The minimum absolute atomic E-state index is 0.669. The van der Waals surface area contributed by atoms with E-state index in [4.69, 9.17) is 9.72 Å². The van der Waals surface area contributed by atoms with Crippen molar-refractivity contribution >= 4 is 5.82 Å². The maximum Gasteiger partial charge on any atom is 0.131 e. The topological polar surface area (TPSA) is 37.4 Å². The van der Waals surface area contributed by atoms with Crippen molar-refractivity contribution in [3.63, 3.8) is 0 Å². The number of ether oxygens (including phenoxy) is 1. The number of hydrogen-bond acceptors (Lipinski definition) is 4. The molecular formula is C17H29N3O. The lowest BCUT2D eigenvalue weighted by atomic mass is 10.1. The average Bonchev–Trinajstić information content (AvgIpc) is 3.26. The fourth-order valence-electron chi connectivity index (χ4n) is 2.62. The third kappa shape index (κ3) is 4.97. The van der Waals surface area contributed by atoms with Crippen molar-refractivity contribution in [3.8, 4) is 0 Å². The molecule has 1 N–H and O–H groups in total. The van der Waals surface area contributed by atoms with E-state index in [1.54, 1.807) is 7.11 Å². The molecule has 1 heterocycles. The number of nitrogens with one attached hydrogen (secondary N) is 1. The summed E-state index contributed by atoms with van der Waals surface area (Å²) in [6.07, 6.45) is 4.64. The summed E-state index contributed by atoms with van der Waals surface area (Å²) in [5.74, 6) is 1.84. The third-order valence-corrected chi connectivity index (χ3v) is 3.74. The van der Waals surface area contributed by atoms with Crippen molar-refractivity contribution in [1.82, 2.24) is 10.3 Å². The van der Waals surface area contributed by atoms with Gasteiger partial charge in [-0.15, -0.1) is 0 Å². The first-order valence-electron chi connectivity index (χ1n) is 8.03. The summed E-state index contributed by atoms with van der Waals surface area (Å²) in [5, 5.41) is 3.37. The van der Waals surface area contributed by atoms with E-state index in [-0.39, 0.29) is 0 Å². The van der Waals surface area contributed by atoms with E-state index in [2.05, 4.69) is 37.1 Å². The highest BCUT2D eigenvalue weighted by molar-refractivity contribution is 5.49. The fourth-order valence-corrected chi connectivity index (χ4v) is 2.62. The second kappa shape index (κ2) is 7.76. The van der Waals surface area contributed by atoms with Crippen LogP contribution < -0.4 is 10.2 Å². The maximum atomic E-state index is 5.04. The van der Waals surface area contributed by atoms with Crippen molar-refractivity contribution < 1.29 is 4.74 Å². The van der Waals surface area contributed by atoms with Gasteiger partial charge in [0.1, 0.15) is 5.82 Å². The first kappa shape index (κ1) is 16.2. The van der Waals surface area contributed by atoms with Crippen molar-refractivity contribution in [2.24, 2.45) is 5.92 Å². The van der Waals surface area contributed by atoms with Crippen LogP contribution >= 0.6 is 0 Å². The Hall–Kier alpha value is -1.13. The Balaban J connectivity index is 2.00. The Bertz CT molecular complexity index is 444. The Morgan fingerprint density at radius 2 is 2.19 bits per heavy atom. The molecule has 0 spiro atoms. The molecule has 1 saturated carbocycles. The zero-order valence-electron chi connectivity index (χ0n) is 13.9. The van der Waals surface area contributed by atoms with Gasteiger partial charge in [0.15, 0.2) is 0 Å². The van der Waals surface area contributed by atoms with Gasteiger partial charge in [0.05, 0.1) is 6.61 Å². The molecule has 0 saturated heterocycles. The van der Waals surface area contributed by atoms with Crippen LogP contribution in [0.2, 0.25) is 0 Å². The fraction of sp³-hybridized carbons (Fsp3) is 0.706. The van der Waals surface area contributed by atoms with Crippen molar-refractivity contribution in [2.45, 2.75) is 46.2 Å². The predicted molar refractivity (Wildman–Crippen MR) is 87.8 cm³/mol. The van der Waals surface area contributed by atoms with Gasteiger partial charge in [-0.1, -0.05) is 13.8 Å². The molecule has 0 unspecified atom stereocenters. The molecule has 0 aromatic carbocycles. The second-order valence-corrected chi connectivity index (χ2v) is 6.43.